The third-order valence-electron chi connectivity index (χ3n) is 4.83. The quantitative estimate of drug-likeness (QED) is 0.568. The van der Waals surface area contributed by atoms with Gasteiger partial charge in [0.15, 0.2) is 5.96 Å². The van der Waals surface area contributed by atoms with Crippen molar-refractivity contribution in [1.82, 2.24) is 20.0 Å². The highest BCUT2D eigenvalue weighted by atomic mass is 35.5. The lowest BCUT2D eigenvalue weighted by Crippen LogP contribution is -2.40. The van der Waals surface area contributed by atoms with Gasteiger partial charge in [-0.2, -0.15) is 5.10 Å². The van der Waals surface area contributed by atoms with E-state index in [1.165, 1.54) is 12.0 Å². The lowest BCUT2D eigenvalue weighted by atomic mass is 10.0. The summed E-state index contributed by atoms with van der Waals surface area (Å²) in [6.07, 6.45) is 6.29. The van der Waals surface area contributed by atoms with Gasteiger partial charge in [-0.05, 0) is 56.4 Å². The van der Waals surface area contributed by atoms with E-state index in [1.807, 2.05) is 49.1 Å². The van der Waals surface area contributed by atoms with Gasteiger partial charge in [-0.15, -0.1) is 0 Å². The Morgan fingerprint density at radius 2 is 2.32 bits per heavy atom. The van der Waals surface area contributed by atoms with Gasteiger partial charge < -0.3 is 15.0 Å². The van der Waals surface area contributed by atoms with Crippen LogP contribution in [0.5, 0.6) is 5.75 Å². The second-order valence-corrected chi connectivity index (χ2v) is 7.84. The van der Waals surface area contributed by atoms with E-state index < -0.39 is 0 Å². The molecule has 1 aromatic heterocycles. The van der Waals surface area contributed by atoms with E-state index in [4.69, 9.17) is 21.3 Å². The molecule has 7 heteroatoms. The maximum Gasteiger partial charge on any atom is 0.194 e. The number of guanidine groups is 1. The molecule has 3 rings (SSSR count). The molecule has 152 valence electrons. The number of aromatic nitrogens is 2. The molecule has 28 heavy (non-hydrogen) atoms. The lowest BCUT2D eigenvalue weighted by Gasteiger charge is -2.22. The number of ether oxygens (including phenoxy) is 1. The van der Waals surface area contributed by atoms with Crippen LogP contribution in [0.2, 0.25) is 5.02 Å². The van der Waals surface area contributed by atoms with Crippen molar-refractivity contribution in [2.75, 3.05) is 26.2 Å². The van der Waals surface area contributed by atoms with Gasteiger partial charge in [-0.1, -0.05) is 17.7 Å². The van der Waals surface area contributed by atoms with Gasteiger partial charge in [0.05, 0.1) is 12.7 Å². The van der Waals surface area contributed by atoms with Crippen LogP contribution in [-0.4, -0.2) is 52.9 Å². The Bertz CT molecular complexity index is 791. The van der Waals surface area contributed by atoms with Gasteiger partial charge >= 0.3 is 0 Å². The molecule has 0 aliphatic carbocycles. The minimum Gasteiger partial charge on any atom is -0.489 e. The molecule has 1 N–H and O–H groups in total. The number of hydrogen-bond acceptors (Lipinski definition) is 3. The molecule has 1 saturated heterocycles. The largest absolute Gasteiger partial charge is 0.489 e. The molecule has 2 atom stereocenters. The highest BCUT2D eigenvalue weighted by molar-refractivity contribution is 6.30. The van der Waals surface area contributed by atoms with Gasteiger partial charge in [0.25, 0.3) is 0 Å². The molecule has 2 unspecified atom stereocenters. The van der Waals surface area contributed by atoms with Crippen LogP contribution < -0.4 is 10.1 Å². The highest BCUT2D eigenvalue weighted by Gasteiger charge is 2.25. The van der Waals surface area contributed by atoms with Crippen molar-refractivity contribution in [1.29, 1.82) is 0 Å². The van der Waals surface area contributed by atoms with Crippen LogP contribution in [0.3, 0.4) is 0 Å². The standard InChI is InChI=1S/C21H30ClN5O/c1-4-23-21(24-12-16(2)28-20-7-5-6-19(22)11-20)27-9-8-17(15-27)10-18-13-25-26(3)14-18/h5-7,11,13-14,16-17H,4,8-10,12,15H2,1-3H3,(H,23,24). The van der Waals surface area contributed by atoms with Crippen LogP contribution in [0, 0.1) is 5.92 Å². The smallest absolute Gasteiger partial charge is 0.194 e. The third-order valence-corrected chi connectivity index (χ3v) is 5.07. The molecule has 2 heterocycles. The summed E-state index contributed by atoms with van der Waals surface area (Å²) in [7, 11) is 1.97. The maximum absolute atomic E-state index is 6.03. The Balaban J connectivity index is 1.54. The highest BCUT2D eigenvalue weighted by Crippen LogP contribution is 2.21. The summed E-state index contributed by atoms with van der Waals surface area (Å²) in [6.45, 7) is 7.63. The second-order valence-electron chi connectivity index (χ2n) is 7.41. The van der Waals surface area contributed by atoms with Crippen LogP contribution in [0.4, 0.5) is 0 Å². The number of hydrogen-bond donors (Lipinski definition) is 1. The molecular formula is C21H30ClN5O. The number of halogens is 1. The zero-order valence-corrected chi connectivity index (χ0v) is 17.7. The minimum absolute atomic E-state index is 0.0269. The average Bonchev–Trinajstić information content (AvgIpc) is 3.28. The van der Waals surface area contributed by atoms with Gasteiger partial charge in [-0.25, -0.2) is 4.99 Å². The number of likely N-dealkylation sites (tertiary alicyclic amines) is 1. The molecule has 2 aromatic rings. The Morgan fingerprint density at radius 3 is 3.04 bits per heavy atom. The number of nitrogens with one attached hydrogen (secondary N) is 1. The molecule has 0 amide bonds. The molecule has 6 nitrogen and oxygen atoms in total. The topological polar surface area (TPSA) is 54.7 Å². The summed E-state index contributed by atoms with van der Waals surface area (Å²) in [5.74, 6) is 2.38. The first-order valence-electron chi connectivity index (χ1n) is 9.96. The first kappa shape index (κ1) is 20.5. The summed E-state index contributed by atoms with van der Waals surface area (Å²) in [4.78, 5) is 7.17. The zero-order valence-electron chi connectivity index (χ0n) is 16.9. The van der Waals surface area contributed by atoms with Crippen molar-refractivity contribution in [3.05, 3.63) is 47.2 Å². The van der Waals surface area contributed by atoms with E-state index in [1.54, 1.807) is 0 Å². The van der Waals surface area contributed by atoms with Crippen LogP contribution in [0.1, 0.15) is 25.8 Å². The summed E-state index contributed by atoms with van der Waals surface area (Å²) in [5.41, 5.74) is 1.31. The molecule has 1 aliphatic rings. The molecule has 1 fully saturated rings. The van der Waals surface area contributed by atoms with E-state index in [0.717, 1.165) is 37.8 Å². The molecule has 1 aliphatic heterocycles. The van der Waals surface area contributed by atoms with Gasteiger partial charge in [-0.3, -0.25) is 4.68 Å². The summed E-state index contributed by atoms with van der Waals surface area (Å²) in [5, 5.41) is 8.38. The van der Waals surface area contributed by atoms with E-state index in [0.29, 0.717) is 17.5 Å². The number of rotatable bonds is 7. The third kappa shape index (κ3) is 5.89. The summed E-state index contributed by atoms with van der Waals surface area (Å²) >= 11 is 6.03. The Morgan fingerprint density at radius 1 is 1.46 bits per heavy atom. The Kier molecular flexibility index (Phi) is 7.20. The molecular weight excluding hydrogens is 374 g/mol. The number of nitrogens with zero attached hydrogens (tertiary/aromatic N) is 4. The van der Waals surface area contributed by atoms with E-state index in [9.17, 15) is 0 Å². The molecule has 0 bridgehead atoms. The normalized spacial score (nSPS) is 18.4. The van der Waals surface area contributed by atoms with Crippen molar-refractivity contribution in [2.45, 2.75) is 32.8 Å². The first-order valence-corrected chi connectivity index (χ1v) is 10.3. The molecule has 1 aromatic carbocycles. The second kappa shape index (κ2) is 9.82. The molecule has 0 saturated carbocycles. The van der Waals surface area contributed by atoms with Crippen molar-refractivity contribution in [3.63, 3.8) is 0 Å². The van der Waals surface area contributed by atoms with Crippen molar-refractivity contribution in [3.8, 4) is 5.75 Å². The lowest BCUT2D eigenvalue weighted by molar-refractivity contribution is 0.229. The number of aryl methyl sites for hydroxylation is 1. The van der Waals surface area contributed by atoms with E-state index >= 15 is 0 Å². The van der Waals surface area contributed by atoms with Gasteiger partial charge in [0.1, 0.15) is 11.9 Å². The Hall–Kier alpha value is -2.21. The minimum atomic E-state index is -0.0269. The fourth-order valence-electron chi connectivity index (χ4n) is 3.55. The fourth-order valence-corrected chi connectivity index (χ4v) is 3.73. The van der Waals surface area contributed by atoms with Crippen molar-refractivity contribution < 1.29 is 4.74 Å². The monoisotopic (exact) mass is 403 g/mol. The fraction of sp³-hybridized carbons (Fsp3) is 0.524. The predicted molar refractivity (Wildman–Crippen MR) is 114 cm³/mol. The number of aliphatic imine (C=N–C) groups is 1. The average molecular weight is 404 g/mol. The van der Waals surface area contributed by atoms with Crippen molar-refractivity contribution in [2.24, 2.45) is 18.0 Å². The van der Waals surface area contributed by atoms with Crippen LogP contribution in [0.15, 0.2) is 41.7 Å². The molecule has 0 radical (unpaired) electrons. The van der Waals surface area contributed by atoms with Crippen LogP contribution >= 0.6 is 11.6 Å². The van der Waals surface area contributed by atoms with E-state index in [-0.39, 0.29) is 6.10 Å². The van der Waals surface area contributed by atoms with E-state index in [2.05, 4.69) is 28.4 Å². The number of benzene rings is 1. The van der Waals surface area contributed by atoms with Gasteiger partial charge in [0.2, 0.25) is 0 Å². The predicted octanol–water partition coefficient (Wildman–Crippen LogP) is 3.37. The first-order chi connectivity index (χ1) is 13.5. The van der Waals surface area contributed by atoms with Crippen LogP contribution in [0.25, 0.3) is 0 Å². The zero-order chi connectivity index (χ0) is 19.9. The summed E-state index contributed by atoms with van der Waals surface area (Å²) < 4.78 is 7.81. The maximum atomic E-state index is 6.03. The Labute approximate surface area is 172 Å². The molecule has 0 spiro atoms. The SMILES string of the molecule is CCNC(=NCC(C)Oc1cccc(Cl)c1)N1CCC(Cc2cnn(C)c2)C1. The summed E-state index contributed by atoms with van der Waals surface area (Å²) in [6, 6.07) is 7.48. The van der Waals surface area contributed by atoms with Crippen LogP contribution in [-0.2, 0) is 13.5 Å². The van der Waals surface area contributed by atoms with Gasteiger partial charge in [0, 0.05) is 37.9 Å². The van der Waals surface area contributed by atoms with Crippen molar-refractivity contribution >= 4 is 17.6 Å².